The lowest BCUT2D eigenvalue weighted by atomic mass is 10.2. The fraction of sp³-hybridized carbons (Fsp3) is 0.542. The molecule has 10 heteroatoms. The number of aliphatic hydroxyl groups excluding tert-OH is 1. The van der Waals surface area contributed by atoms with E-state index in [4.69, 9.17) is 10.1 Å². The van der Waals surface area contributed by atoms with Crippen molar-refractivity contribution in [3.05, 3.63) is 41.3 Å². The van der Waals surface area contributed by atoms with E-state index in [1.165, 1.54) is 6.08 Å². The van der Waals surface area contributed by atoms with Crippen molar-refractivity contribution < 1.29 is 22.8 Å². The van der Waals surface area contributed by atoms with Crippen molar-refractivity contribution in [2.24, 2.45) is 0 Å². The molecule has 0 amide bonds. The number of aromatic nitrogens is 4. The van der Waals surface area contributed by atoms with Crippen LogP contribution in [0.1, 0.15) is 62.6 Å². The zero-order valence-electron chi connectivity index (χ0n) is 19.7. The molecule has 2 heterocycles. The van der Waals surface area contributed by atoms with Crippen LogP contribution in [-0.2, 0) is 19.1 Å². The van der Waals surface area contributed by atoms with Crippen LogP contribution < -0.4 is 0 Å². The standard InChI is InChI=1S/C24H32F3N5O2/c1-3-5-6-8-22-28-19-17-18(10-12-21-29-23(34-30-21)24(25,26)27)9-11-20(19)32(22)15-14-31(4-2)13-7-16-33/h9-12,17,33H,3-8,13-16H2,1-2H3/b12-10+. The van der Waals surface area contributed by atoms with E-state index >= 15 is 0 Å². The summed E-state index contributed by atoms with van der Waals surface area (Å²) < 4.78 is 44.4. The molecule has 0 fully saturated rings. The maximum absolute atomic E-state index is 12.6. The summed E-state index contributed by atoms with van der Waals surface area (Å²) in [4.78, 5) is 10.5. The molecule has 186 valence electrons. The number of likely N-dealkylation sites (N-methyl/N-ethyl adjacent to an activating group) is 1. The topological polar surface area (TPSA) is 80.2 Å². The summed E-state index contributed by atoms with van der Waals surface area (Å²) in [6.45, 7) is 7.91. The molecule has 2 aromatic heterocycles. The van der Waals surface area contributed by atoms with Crippen molar-refractivity contribution >= 4 is 23.2 Å². The van der Waals surface area contributed by atoms with Gasteiger partial charge in [0.05, 0.1) is 11.0 Å². The van der Waals surface area contributed by atoms with Gasteiger partial charge in [-0.15, -0.1) is 0 Å². The molecule has 0 saturated heterocycles. The second-order valence-electron chi connectivity index (χ2n) is 8.19. The smallest absolute Gasteiger partial charge is 0.396 e. The zero-order chi connectivity index (χ0) is 24.6. The maximum Gasteiger partial charge on any atom is 0.471 e. The van der Waals surface area contributed by atoms with Crippen LogP contribution in [0.25, 0.3) is 23.2 Å². The van der Waals surface area contributed by atoms with Crippen LogP contribution in [0, 0.1) is 0 Å². The largest absolute Gasteiger partial charge is 0.471 e. The highest BCUT2D eigenvalue weighted by Gasteiger charge is 2.38. The van der Waals surface area contributed by atoms with E-state index in [1.54, 1.807) is 6.08 Å². The number of alkyl halides is 3. The molecule has 0 radical (unpaired) electrons. The number of fused-ring (bicyclic) bond motifs is 1. The number of hydrogen-bond donors (Lipinski definition) is 1. The Hall–Kier alpha value is -2.72. The first-order valence-corrected chi connectivity index (χ1v) is 11.8. The lowest BCUT2D eigenvalue weighted by Gasteiger charge is -2.21. The van der Waals surface area contributed by atoms with Gasteiger partial charge < -0.3 is 19.1 Å². The Labute approximate surface area is 197 Å². The van der Waals surface area contributed by atoms with E-state index in [9.17, 15) is 13.2 Å². The summed E-state index contributed by atoms with van der Waals surface area (Å²) in [5, 5.41) is 12.5. The first-order chi connectivity index (χ1) is 16.4. The molecule has 7 nitrogen and oxygen atoms in total. The maximum atomic E-state index is 12.6. The highest BCUT2D eigenvalue weighted by atomic mass is 19.4. The highest BCUT2D eigenvalue weighted by Crippen LogP contribution is 2.27. The van der Waals surface area contributed by atoms with Gasteiger partial charge in [0.1, 0.15) is 5.82 Å². The molecule has 0 spiro atoms. The van der Waals surface area contributed by atoms with Gasteiger partial charge in [0.15, 0.2) is 5.82 Å². The fourth-order valence-electron chi connectivity index (χ4n) is 3.83. The molecule has 0 aliphatic rings. The first-order valence-electron chi connectivity index (χ1n) is 11.8. The number of imidazole rings is 1. The average molecular weight is 480 g/mol. The van der Waals surface area contributed by atoms with Gasteiger partial charge in [-0.1, -0.05) is 44.0 Å². The molecule has 3 rings (SSSR count). The molecular weight excluding hydrogens is 447 g/mol. The third-order valence-corrected chi connectivity index (χ3v) is 5.68. The molecule has 0 aliphatic carbocycles. The zero-order valence-corrected chi connectivity index (χ0v) is 19.7. The quantitative estimate of drug-likeness (QED) is 0.346. The minimum absolute atomic E-state index is 0.138. The molecule has 1 N–H and O–H groups in total. The van der Waals surface area contributed by atoms with Gasteiger partial charge in [-0.25, -0.2) is 4.98 Å². The van der Waals surface area contributed by atoms with E-state index in [0.29, 0.717) is 0 Å². The molecule has 0 atom stereocenters. The lowest BCUT2D eigenvalue weighted by Crippen LogP contribution is -2.29. The minimum Gasteiger partial charge on any atom is -0.396 e. The highest BCUT2D eigenvalue weighted by molar-refractivity contribution is 5.81. The van der Waals surface area contributed by atoms with Gasteiger partial charge >= 0.3 is 12.1 Å². The van der Waals surface area contributed by atoms with Crippen LogP contribution in [0.2, 0.25) is 0 Å². The molecule has 0 saturated carbocycles. The number of hydrogen-bond acceptors (Lipinski definition) is 6. The summed E-state index contributed by atoms with van der Waals surface area (Å²) in [6.07, 6.45) is 3.35. The van der Waals surface area contributed by atoms with Crippen molar-refractivity contribution in [2.75, 3.05) is 26.2 Å². The fourth-order valence-corrected chi connectivity index (χ4v) is 3.83. The van der Waals surface area contributed by atoms with E-state index in [2.05, 4.69) is 38.0 Å². The van der Waals surface area contributed by atoms with Crippen molar-refractivity contribution in [3.8, 4) is 0 Å². The third-order valence-electron chi connectivity index (χ3n) is 5.68. The van der Waals surface area contributed by atoms with Crippen molar-refractivity contribution in [2.45, 2.75) is 58.7 Å². The molecular formula is C24H32F3N5O2. The Kier molecular flexibility index (Phi) is 9.23. The van der Waals surface area contributed by atoms with Crippen LogP contribution in [0.5, 0.6) is 0 Å². The van der Waals surface area contributed by atoms with Gasteiger partial charge in [-0.3, -0.25) is 0 Å². The summed E-state index contributed by atoms with van der Waals surface area (Å²) in [5.74, 6) is -0.463. The number of nitrogens with zero attached hydrogens (tertiary/aromatic N) is 5. The summed E-state index contributed by atoms with van der Waals surface area (Å²) in [7, 11) is 0. The second-order valence-corrected chi connectivity index (χ2v) is 8.19. The van der Waals surface area contributed by atoms with Gasteiger partial charge in [-0.2, -0.15) is 18.2 Å². The minimum atomic E-state index is -4.66. The van der Waals surface area contributed by atoms with E-state index in [1.807, 2.05) is 18.2 Å². The van der Waals surface area contributed by atoms with E-state index in [-0.39, 0.29) is 12.4 Å². The van der Waals surface area contributed by atoms with Crippen LogP contribution in [0.4, 0.5) is 13.2 Å². The Morgan fingerprint density at radius 1 is 1.09 bits per heavy atom. The number of halogens is 3. The lowest BCUT2D eigenvalue weighted by molar-refractivity contribution is -0.159. The summed E-state index contributed by atoms with van der Waals surface area (Å²) in [5.41, 5.74) is 2.66. The molecule has 0 bridgehead atoms. The van der Waals surface area contributed by atoms with Crippen LogP contribution in [-0.4, -0.2) is 55.9 Å². The number of aliphatic hydroxyl groups is 1. The monoisotopic (exact) mass is 479 g/mol. The van der Waals surface area contributed by atoms with Crippen LogP contribution in [0.3, 0.4) is 0 Å². The summed E-state index contributed by atoms with van der Waals surface area (Å²) >= 11 is 0. The number of rotatable bonds is 13. The Morgan fingerprint density at radius 3 is 2.59 bits per heavy atom. The predicted molar refractivity (Wildman–Crippen MR) is 125 cm³/mol. The van der Waals surface area contributed by atoms with Gasteiger partial charge in [0.2, 0.25) is 0 Å². The van der Waals surface area contributed by atoms with Crippen molar-refractivity contribution in [1.82, 2.24) is 24.6 Å². The SMILES string of the molecule is CCCCCc1nc2cc(/C=C/c3noc(C(F)(F)F)n3)ccc2n1CCN(CC)CCCO. The number of aryl methyl sites for hydroxylation is 1. The Morgan fingerprint density at radius 2 is 1.91 bits per heavy atom. The molecule has 0 unspecified atom stereocenters. The predicted octanol–water partition coefficient (Wildman–Crippen LogP) is 5.05. The molecule has 34 heavy (non-hydrogen) atoms. The van der Waals surface area contributed by atoms with Crippen molar-refractivity contribution in [3.63, 3.8) is 0 Å². The average Bonchev–Trinajstić information content (AvgIpc) is 3.42. The second kappa shape index (κ2) is 12.1. The van der Waals surface area contributed by atoms with E-state index in [0.717, 1.165) is 80.7 Å². The molecule has 1 aromatic carbocycles. The van der Waals surface area contributed by atoms with Crippen LogP contribution >= 0.6 is 0 Å². The van der Waals surface area contributed by atoms with E-state index < -0.39 is 12.1 Å². The van der Waals surface area contributed by atoms with Gasteiger partial charge in [0.25, 0.3) is 0 Å². The molecule has 3 aromatic rings. The Balaban J connectivity index is 1.81. The molecule has 0 aliphatic heterocycles. The summed E-state index contributed by atoms with van der Waals surface area (Å²) in [6, 6.07) is 5.81. The number of unbranched alkanes of at least 4 members (excludes halogenated alkanes) is 2. The Bertz CT molecular complexity index is 1070. The van der Waals surface area contributed by atoms with Gasteiger partial charge in [0, 0.05) is 32.7 Å². The first kappa shape index (κ1) is 25.9. The normalized spacial score (nSPS) is 12.6. The third kappa shape index (κ3) is 6.89. The number of benzene rings is 1. The van der Waals surface area contributed by atoms with Crippen LogP contribution in [0.15, 0.2) is 22.7 Å². The van der Waals surface area contributed by atoms with Crippen molar-refractivity contribution in [1.29, 1.82) is 0 Å². The van der Waals surface area contributed by atoms with Gasteiger partial charge in [-0.05, 0) is 43.2 Å².